The zero-order valence-corrected chi connectivity index (χ0v) is 19.7. The third kappa shape index (κ3) is 4.47. The van der Waals surface area contributed by atoms with Crippen LogP contribution in [0.15, 0.2) is 55.1 Å². The number of hydrogen-bond donors (Lipinski definition) is 2. The smallest absolute Gasteiger partial charge is 0.223 e. The van der Waals surface area contributed by atoms with Gasteiger partial charge in [0.15, 0.2) is 0 Å². The molecule has 34 heavy (non-hydrogen) atoms. The van der Waals surface area contributed by atoms with Gasteiger partial charge in [0.05, 0.1) is 28.8 Å². The number of fused-ring (bicyclic) bond motifs is 1. The summed E-state index contributed by atoms with van der Waals surface area (Å²) in [5.41, 5.74) is 9.16. The minimum absolute atomic E-state index is 0.291. The van der Waals surface area contributed by atoms with E-state index >= 15 is 0 Å². The summed E-state index contributed by atoms with van der Waals surface area (Å²) in [4.78, 5) is 13.6. The lowest BCUT2D eigenvalue weighted by Crippen LogP contribution is -2.13. The van der Waals surface area contributed by atoms with Gasteiger partial charge in [0.2, 0.25) is 11.9 Å². The van der Waals surface area contributed by atoms with Crippen molar-refractivity contribution in [2.24, 2.45) is 5.73 Å². The average Bonchev–Trinajstić information content (AvgIpc) is 3.49. The highest BCUT2D eigenvalue weighted by atomic mass is 35.5. The van der Waals surface area contributed by atoms with Gasteiger partial charge in [0, 0.05) is 41.3 Å². The first kappa shape index (κ1) is 22.3. The normalized spacial score (nSPS) is 12.2. The van der Waals surface area contributed by atoms with Crippen LogP contribution in [0.25, 0.3) is 31.8 Å². The van der Waals surface area contributed by atoms with Crippen LogP contribution in [-0.2, 0) is 6.54 Å². The summed E-state index contributed by atoms with van der Waals surface area (Å²) < 4.78 is 16.8. The zero-order chi connectivity index (χ0) is 23.7. The molecule has 1 unspecified atom stereocenters. The topological polar surface area (TPSA) is 107 Å². The molecule has 0 bridgehead atoms. The van der Waals surface area contributed by atoms with Crippen LogP contribution in [0.2, 0.25) is 5.02 Å². The minimum Gasteiger partial charge on any atom is -0.352 e. The lowest BCUT2D eigenvalue weighted by molar-refractivity contribution is 0.581. The van der Waals surface area contributed by atoms with E-state index in [0.717, 1.165) is 31.7 Å². The summed E-state index contributed by atoms with van der Waals surface area (Å²) in [6.45, 7) is 3.06. The number of rotatable bonds is 7. The second-order valence-corrected chi connectivity index (χ2v) is 9.16. The standard InChI is InChI=1S/C23H20ClFN8S/c1-13(26)17-11-28-20(25)10-16(17)15-4-2-3-14-9-19(34-22(14)15)21-18(24)12-29-23(31-21)27-5-7-33-8-6-30-32-33/h2-4,6,8-13H,5,7,26H2,1H3,(H,27,29,31). The van der Waals surface area contributed by atoms with Gasteiger partial charge in [0.1, 0.15) is 5.69 Å². The molecule has 11 heteroatoms. The Morgan fingerprint density at radius 3 is 2.88 bits per heavy atom. The molecule has 5 aromatic rings. The summed E-state index contributed by atoms with van der Waals surface area (Å²) in [6, 6.07) is 9.08. The Balaban J connectivity index is 1.51. The molecule has 0 saturated carbocycles. The molecule has 0 fully saturated rings. The van der Waals surface area contributed by atoms with E-state index in [2.05, 4.69) is 30.6 Å². The Kier molecular flexibility index (Phi) is 6.18. The average molecular weight is 495 g/mol. The molecule has 0 aliphatic rings. The van der Waals surface area contributed by atoms with Crippen LogP contribution in [-0.4, -0.2) is 36.5 Å². The van der Waals surface area contributed by atoms with E-state index < -0.39 is 5.95 Å². The van der Waals surface area contributed by atoms with Crippen LogP contribution in [0.4, 0.5) is 10.3 Å². The van der Waals surface area contributed by atoms with Crippen molar-refractivity contribution < 1.29 is 4.39 Å². The van der Waals surface area contributed by atoms with Gasteiger partial charge in [-0.15, -0.1) is 16.4 Å². The summed E-state index contributed by atoms with van der Waals surface area (Å²) in [6.07, 6.45) is 6.50. The second-order valence-electron chi connectivity index (χ2n) is 7.70. The molecule has 0 spiro atoms. The highest BCUT2D eigenvalue weighted by molar-refractivity contribution is 7.22. The quantitative estimate of drug-likeness (QED) is 0.309. The first-order valence-electron chi connectivity index (χ1n) is 10.5. The van der Waals surface area contributed by atoms with Gasteiger partial charge in [-0.2, -0.15) is 4.39 Å². The Labute approximate surface area is 203 Å². The number of nitrogens with zero attached hydrogens (tertiary/aromatic N) is 6. The van der Waals surface area contributed by atoms with Crippen LogP contribution in [0.3, 0.4) is 0 Å². The van der Waals surface area contributed by atoms with Gasteiger partial charge in [0.25, 0.3) is 0 Å². The van der Waals surface area contributed by atoms with Crippen LogP contribution in [0.1, 0.15) is 18.5 Å². The van der Waals surface area contributed by atoms with Crippen LogP contribution < -0.4 is 11.1 Å². The van der Waals surface area contributed by atoms with Gasteiger partial charge in [-0.05, 0) is 29.5 Å². The predicted octanol–water partition coefficient (Wildman–Crippen LogP) is 4.94. The molecule has 0 radical (unpaired) electrons. The predicted molar refractivity (Wildman–Crippen MR) is 132 cm³/mol. The molecule has 8 nitrogen and oxygen atoms in total. The Hall–Kier alpha value is -3.47. The molecule has 5 rings (SSSR count). The molecule has 172 valence electrons. The van der Waals surface area contributed by atoms with Crippen LogP contribution in [0, 0.1) is 5.95 Å². The fraction of sp³-hybridized carbons (Fsp3) is 0.174. The highest BCUT2D eigenvalue weighted by Crippen LogP contribution is 2.42. The largest absolute Gasteiger partial charge is 0.352 e. The number of pyridine rings is 1. The Morgan fingerprint density at radius 1 is 1.21 bits per heavy atom. The van der Waals surface area contributed by atoms with Crippen LogP contribution >= 0.6 is 22.9 Å². The monoisotopic (exact) mass is 494 g/mol. The number of anilines is 1. The fourth-order valence-electron chi connectivity index (χ4n) is 3.69. The van der Waals surface area contributed by atoms with E-state index in [4.69, 9.17) is 17.3 Å². The second kappa shape index (κ2) is 9.41. The van der Waals surface area contributed by atoms with Gasteiger partial charge >= 0.3 is 0 Å². The maximum atomic E-state index is 14.1. The van der Waals surface area contributed by atoms with Crippen molar-refractivity contribution in [2.75, 3.05) is 11.9 Å². The molecular weight excluding hydrogens is 475 g/mol. The molecule has 0 amide bonds. The van der Waals surface area contributed by atoms with Gasteiger partial charge < -0.3 is 11.1 Å². The maximum Gasteiger partial charge on any atom is 0.223 e. The van der Waals surface area contributed by atoms with Crippen molar-refractivity contribution >= 4 is 39.0 Å². The Bertz CT molecular complexity index is 1450. The summed E-state index contributed by atoms with van der Waals surface area (Å²) in [5, 5.41) is 12.4. The molecule has 0 saturated heterocycles. The van der Waals surface area contributed by atoms with E-state index in [9.17, 15) is 4.39 Å². The molecule has 0 aliphatic carbocycles. The van der Waals surface area contributed by atoms with E-state index in [1.165, 1.54) is 23.6 Å². The molecule has 4 heterocycles. The number of benzene rings is 1. The number of nitrogens with one attached hydrogen (secondary N) is 1. The van der Waals surface area contributed by atoms with E-state index in [0.29, 0.717) is 29.8 Å². The number of thiophene rings is 1. The van der Waals surface area contributed by atoms with E-state index in [-0.39, 0.29) is 6.04 Å². The third-order valence-electron chi connectivity index (χ3n) is 5.30. The summed E-state index contributed by atoms with van der Waals surface area (Å²) in [5.74, 6) is -0.0821. The van der Waals surface area contributed by atoms with Crippen molar-refractivity contribution in [3.63, 3.8) is 0 Å². The molecule has 1 aromatic carbocycles. The maximum absolute atomic E-state index is 14.1. The SMILES string of the molecule is CC(N)c1cnc(F)cc1-c1cccc2cc(-c3nc(NCCn4ccnn4)ncc3Cl)sc12. The van der Waals surface area contributed by atoms with Crippen molar-refractivity contribution in [2.45, 2.75) is 19.5 Å². The summed E-state index contributed by atoms with van der Waals surface area (Å²) >= 11 is 8.01. The molecule has 1 atom stereocenters. The van der Waals surface area contributed by atoms with Crippen LogP contribution in [0.5, 0.6) is 0 Å². The number of halogens is 2. The van der Waals surface area contributed by atoms with Gasteiger partial charge in [-0.1, -0.05) is 35.0 Å². The summed E-state index contributed by atoms with van der Waals surface area (Å²) in [7, 11) is 0. The third-order valence-corrected chi connectivity index (χ3v) is 6.77. The molecule has 3 N–H and O–H groups in total. The van der Waals surface area contributed by atoms with E-state index in [1.807, 2.05) is 31.2 Å². The Morgan fingerprint density at radius 2 is 2.09 bits per heavy atom. The number of hydrogen-bond acceptors (Lipinski definition) is 8. The molecular formula is C23H20ClFN8S. The molecule has 4 aromatic heterocycles. The van der Waals surface area contributed by atoms with Crippen molar-refractivity contribution in [1.82, 2.24) is 29.9 Å². The number of aromatic nitrogens is 6. The zero-order valence-electron chi connectivity index (χ0n) is 18.1. The fourth-order valence-corrected chi connectivity index (χ4v) is 5.13. The van der Waals surface area contributed by atoms with Gasteiger partial charge in [-0.3, -0.25) is 4.68 Å². The van der Waals surface area contributed by atoms with Crippen molar-refractivity contribution in [3.05, 3.63) is 71.7 Å². The first-order valence-corrected chi connectivity index (χ1v) is 11.7. The minimum atomic E-state index is -0.548. The lowest BCUT2D eigenvalue weighted by atomic mass is 9.97. The number of nitrogens with two attached hydrogens (primary N) is 1. The lowest BCUT2D eigenvalue weighted by Gasteiger charge is -2.13. The first-order chi connectivity index (χ1) is 16.5. The molecule has 0 aliphatic heterocycles. The van der Waals surface area contributed by atoms with Crippen molar-refractivity contribution in [3.8, 4) is 21.7 Å². The van der Waals surface area contributed by atoms with Gasteiger partial charge in [-0.25, -0.2) is 15.0 Å². The van der Waals surface area contributed by atoms with E-state index in [1.54, 1.807) is 23.3 Å². The van der Waals surface area contributed by atoms with Crippen molar-refractivity contribution in [1.29, 1.82) is 0 Å². The highest BCUT2D eigenvalue weighted by Gasteiger charge is 2.17.